The molecule has 0 aromatic heterocycles. The van der Waals surface area contributed by atoms with E-state index in [1.54, 1.807) is 18.2 Å². The maximum atomic E-state index is 11.0. The maximum Gasteiger partial charge on any atom is 0.248 e. The van der Waals surface area contributed by atoms with Crippen molar-refractivity contribution in [1.29, 1.82) is 0 Å². The van der Waals surface area contributed by atoms with Crippen LogP contribution in [0, 0.1) is 0 Å². The minimum Gasteiger partial charge on any atom is -0.397 e. The third kappa shape index (κ3) is 3.48. The molecule has 2 aromatic rings. The van der Waals surface area contributed by atoms with Gasteiger partial charge in [-0.25, -0.2) is 0 Å². The smallest absolute Gasteiger partial charge is 0.248 e. The number of hydrogen-bond donors (Lipinski definition) is 3. The summed E-state index contributed by atoms with van der Waals surface area (Å²) in [5.74, 6) is -0.481. The van der Waals surface area contributed by atoms with Crippen molar-refractivity contribution in [3.8, 4) is 0 Å². The highest BCUT2D eigenvalue weighted by Crippen LogP contribution is 2.21. The van der Waals surface area contributed by atoms with Gasteiger partial charge in [-0.3, -0.25) is 4.79 Å². The molecule has 1 amide bonds. The van der Waals surface area contributed by atoms with Crippen LogP contribution in [0.1, 0.15) is 15.9 Å². The van der Waals surface area contributed by atoms with Crippen molar-refractivity contribution in [1.82, 2.24) is 0 Å². The molecule has 19 heavy (non-hydrogen) atoms. The molecule has 4 nitrogen and oxygen atoms in total. The van der Waals surface area contributed by atoms with Crippen molar-refractivity contribution >= 4 is 33.2 Å². The molecule has 0 saturated heterocycles. The van der Waals surface area contributed by atoms with Gasteiger partial charge in [-0.15, -0.1) is 0 Å². The minimum absolute atomic E-state index is 0.408. The quantitative estimate of drug-likeness (QED) is 0.758. The maximum absolute atomic E-state index is 11.0. The molecule has 0 atom stereocenters. The number of nitrogen functional groups attached to an aromatic ring is 1. The van der Waals surface area contributed by atoms with Crippen molar-refractivity contribution in [3.63, 3.8) is 0 Å². The van der Waals surface area contributed by atoms with Crippen molar-refractivity contribution in [2.75, 3.05) is 11.1 Å². The summed E-state index contributed by atoms with van der Waals surface area (Å²) in [5.41, 5.74) is 13.9. The third-order valence-corrected chi connectivity index (χ3v) is 3.20. The first-order valence-corrected chi connectivity index (χ1v) is 6.53. The van der Waals surface area contributed by atoms with Crippen LogP contribution in [0.5, 0.6) is 0 Å². The number of anilines is 2. The molecule has 98 valence electrons. The predicted molar refractivity (Wildman–Crippen MR) is 80.8 cm³/mol. The first-order chi connectivity index (χ1) is 9.06. The van der Waals surface area contributed by atoms with E-state index in [4.69, 9.17) is 11.5 Å². The summed E-state index contributed by atoms with van der Waals surface area (Å²) in [6, 6.07) is 13.0. The number of carbonyl (C=O) groups is 1. The predicted octanol–water partition coefficient (Wildman–Crippen LogP) is 2.74. The number of benzene rings is 2. The second-order valence-corrected chi connectivity index (χ2v) is 5.07. The molecule has 0 unspecified atom stereocenters. The molecular weight excluding hydrogens is 306 g/mol. The summed E-state index contributed by atoms with van der Waals surface area (Å²) < 4.78 is 1.03. The Balaban J connectivity index is 2.10. The summed E-state index contributed by atoms with van der Waals surface area (Å²) in [7, 11) is 0. The summed E-state index contributed by atoms with van der Waals surface area (Å²) in [5, 5.41) is 3.22. The SMILES string of the molecule is NC(=O)c1ccc(NCc2cccc(Br)c2)c(N)c1. The summed E-state index contributed by atoms with van der Waals surface area (Å²) in [4.78, 5) is 11.0. The van der Waals surface area contributed by atoms with Crippen molar-refractivity contribution in [2.24, 2.45) is 5.73 Å². The Morgan fingerprint density at radius 2 is 2.00 bits per heavy atom. The van der Waals surface area contributed by atoms with E-state index in [1.165, 1.54) is 0 Å². The van der Waals surface area contributed by atoms with Crippen LogP contribution in [0.2, 0.25) is 0 Å². The average molecular weight is 320 g/mol. The fourth-order valence-corrected chi connectivity index (χ4v) is 2.17. The van der Waals surface area contributed by atoms with Gasteiger partial charge in [0.15, 0.2) is 0 Å². The zero-order valence-corrected chi connectivity index (χ0v) is 11.8. The number of nitrogens with two attached hydrogens (primary N) is 2. The highest BCUT2D eigenvalue weighted by molar-refractivity contribution is 9.10. The van der Waals surface area contributed by atoms with Gasteiger partial charge in [-0.05, 0) is 35.9 Å². The fourth-order valence-electron chi connectivity index (χ4n) is 1.72. The van der Waals surface area contributed by atoms with Crippen LogP contribution in [-0.4, -0.2) is 5.91 Å². The Bertz CT molecular complexity index is 613. The summed E-state index contributed by atoms with van der Waals surface area (Å²) in [6.45, 7) is 0.652. The van der Waals surface area contributed by atoms with Crippen LogP contribution >= 0.6 is 15.9 Å². The minimum atomic E-state index is -0.481. The van der Waals surface area contributed by atoms with E-state index in [0.717, 1.165) is 15.7 Å². The highest BCUT2D eigenvalue weighted by Gasteiger charge is 2.04. The molecule has 0 radical (unpaired) electrons. The van der Waals surface area contributed by atoms with E-state index in [0.29, 0.717) is 17.8 Å². The van der Waals surface area contributed by atoms with E-state index < -0.39 is 5.91 Å². The molecule has 0 bridgehead atoms. The van der Waals surface area contributed by atoms with Gasteiger partial charge in [0.2, 0.25) is 5.91 Å². The van der Waals surface area contributed by atoms with Crippen LogP contribution in [0.4, 0.5) is 11.4 Å². The van der Waals surface area contributed by atoms with Crippen molar-refractivity contribution < 1.29 is 4.79 Å². The average Bonchev–Trinajstić information content (AvgIpc) is 2.37. The lowest BCUT2D eigenvalue weighted by Crippen LogP contribution is -2.12. The van der Waals surface area contributed by atoms with Gasteiger partial charge in [-0.1, -0.05) is 28.1 Å². The number of rotatable bonds is 4. The topological polar surface area (TPSA) is 81.1 Å². The van der Waals surface area contributed by atoms with Crippen LogP contribution in [0.3, 0.4) is 0 Å². The molecule has 0 aliphatic carbocycles. The normalized spacial score (nSPS) is 10.2. The van der Waals surface area contributed by atoms with Gasteiger partial charge in [0.1, 0.15) is 0 Å². The van der Waals surface area contributed by atoms with E-state index in [-0.39, 0.29) is 0 Å². The molecular formula is C14H14BrN3O. The van der Waals surface area contributed by atoms with Gasteiger partial charge in [0.05, 0.1) is 11.4 Å². The second kappa shape index (κ2) is 5.75. The van der Waals surface area contributed by atoms with Gasteiger partial charge in [0, 0.05) is 16.6 Å². The third-order valence-electron chi connectivity index (χ3n) is 2.71. The molecule has 0 aliphatic rings. The van der Waals surface area contributed by atoms with E-state index >= 15 is 0 Å². The first-order valence-electron chi connectivity index (χ1n) is 5.74. The molecule has 5 heteroatoms. The second-order valence-electron chi connectivity index (χ2n) is 4.15. The number of halogens is 1. The molecule has 0 aliphatic heterocycles. The van der Waals surface area contributed by atoms with E-state index in [1.807, 2.05) is 24.3 Å². The standard InChI is InChI=1S/C14H14BrN3O/c15-11-3-1-2-9(6-11)8-18-13-5-4-10(14(17)19)7-12(13)16/h1-7,18H,8,16H2,(H2,17,19). The zero-order valence-electron chi connectivity index (χ0n) is 10.2. The highest BCUT2D eigenvalue weighted by atomic mass is 79.9. The Kier molecular flexibility index (Phi) is 4.06. The van der Waals surface area contributed by atoms with Crippen LogP contribution in [-0.2, 0) is 6.54 Å². The van der Waals surface area contributed by atoms with Crippen LogP contribution in [0.25, 0.3) is 0 Å². The number of amides is 1. The molecule has 0 saturated carbocycles. The molecule has 0 heterocycles. The fraction of sp³-hybridized carbons (Fsp3) is 0.0714. The molecule has 0 spiro atoms. The zero-order chi connectivity index (χ0) is 13.8. The van der Waals surface area contributed by atoms with Crippen LogP contribution < -0.4 is 16.8 Å². The lowest BCUT2D eigenvalue weighted by molar-refractivity contribution is 0.100. The van der Waals surface area contributed by atoms with E-state index in [9.17, 15) is 4.79 Å². The largest absolute Gasteiger partial charge is 0.397 e. The monoisotopic (exact) mass is 319 g/mol. The van der Waals surface area contributed by atoms with Crippen molar-refractivity contribution in [2.45, 2.75) is 6.54 Å². The summed E-state index contributed by atoms with van der Waals surface area (Å²) in [6.07, 6.45) is 0. The molecule has 2 rings (SSSR count). The lowest BCUT2D eigenvalue weighted by Gasteiger charge is -2.10. The van der Waals surface area contributed by atoms with Crippen molar-refractivity contribution in [3.05, 3.63) is 58.1 Å². The Morgan fingerprint density at radius 3 is 2.63 bits per heavy atom. The molecule has 0 fully saturated rings. The van der Waals surface area contributed by atoms with Gasteiger partial charge >= 0.3 is 0 Å². The number of carbonyl (C=O) groups excluding carboxylic acids is 1. The Labute approximate surface area is 119 Å². The number of hydrogen-bond acceptors (Lipinski definition) is 3. The molecule has 5 N–H and O–H groups in total. The number of nitrogens with one attached hydrogen (secondary N) is 1. The van der Waals surface area contributed by atoms with E-state index in [2.05, 4.69) is 21.2 Å². The van der Waals surface area contributed by atoms with Gasteiger partial charge in [0.25, 0.3) is 0 Å². The Morgan fingerprint density at radius 1 is 1.21 bits per heavy atom. The van der Waals surface area contributed by atoms with Gasteiger partial charge in [-0.2, -0.15) is 0 Å². The van der Waals surface area contributed by atoms with Crippen LogP contribution in [0.15, 0.2) is 46.9 Å². The number of primary amides is 1. The summed E-state index contributed by atoms with van der Waals surface area (Å²) >= 11 is 3.42. The van der Waals surface area contributed by atoms with Gasteiger partial charge < -0.3 is 16.8 Å². The lowest BCUT2D eigenvalue weighted by atomic mass is 10.1. The first kappa shape index (κ1) is 13.4. The molecule has 2 aromatic carbocycles. The Hall–Kier alpha value is -2.01.